The maximum Gasteiger partial charge on any atom is 0.407 e. The minimum Gasteiger partial charge on any atom is -0.465 e. The summed E-state index contributed by atoms with van der Waals surface area (Å²) in [7, 11) is 0. The first-order valence-electron chi connectivity index (χ1n) is 11.5. The number of aromatic nitrogens is 2. The number of hydrogen-bond acceptors (Lipinski definition) is 5. The number of benzene rings is 1. The van der Waals surface area contributed by atoms with Crippen molar-refractivity contribution in [1.29, 1.82) is 0 Å². The van der Waals surface area contributed by atoms with Crippen LogP contribution >= 0.6 is 0 Å². The number of carbonyl (C=O) groups is 2. The Morgan fingerprint density at radius 1 is 1.28 bits per heavy atom. The zero-order valence-corrected chi connectivity index (χ0v) is 20.0. The third kappa shape index (κ3) is 4.19. The largest absolute Gasteiger partial charge is 0.465 e. The van der Waals surface area contributed by atoms with E-state index in [1.165, 1.54) is 4.90 Å². The van der Waals surface area contributed by atoms with Crippen molar-refractivity contribution in [2.45, 2.75) is 38.8 Å². The lowest BCUT2D eigenvalue weighted by atomic mass is 10.0. The molecule has 36 heavy (non-hydrogen) atoms. The highest BCUT2D eigenvalue weighted by Gasteiger charge is 2.36. The quantitative estimate of drug-likeness (QED) is 0.573. The standard InChI is InChI=1S/C25H25F2N5O4/c1-13-4-5-32-18(11-15-12-31(24(34)35)6-7-36-15)21(28-19(32)8-13)20-16(26)9-14(10-17(20)27)22-29-23(33)25(2,3)30-22/h4-5,8-10,15H,6-7,11-12H2,1-3H3,(H,34,35)(H,29,30,33). The van der Waals surface area contributed by atoms with Gasteiger partial charge in [-0.15, -0.1) is 0 Å². The Balaban J connectivity index is 1.58. The Bertz CT molecular complexity index is 1410. The van der Waals surface area contributed by atoms with E-state index in [1.54, 1.807) is 30.5 Å². The molecule has 1 atom stereocenters. The smallest absolute Gasteiger partial charge is 0.407 e. The number of ether oxygens (including phenoxy) is 1. The summed E-state index contributed by atoms with van der Waals surface area (Å²) in [5.74, 6) is -2.04. The van der Waals surface area contributed by atoms with Crippen molar-refractivity contribution in [1.82, 2.24) is 19.6 Å². The molecule has 2 aromatic heterocycles. The van der Waals surface area contributed by atoms with Gasteiger partial charge in [-0.05, 0) is 50.6 Å². The molecule has 2 aliphatic rings. The van der Waals surface area contributed by atoms with Crippen LogP contribution in [0, 0.1) is 18.6 Å². The van der Waals surface area contributed by atoms with Crippen molar-refractivity contribution in [2.75, 3.05) is 19.7 Å². The number of hydrogen-bond donors (Lipinski definition) is 2. The second-order valence-corrected chi connectivity index (χ2v) is 9.60. The third-order valence-electron chi connectivity index (χ3n) is 6.44. The Labute approximate surface area is 205 Å². The van der Waals surface area contributed by atoms with Gasteiger partial charge in [0.25, 0.3) is 5.91 Å². The first kappa shape index (κ1) is 23.9. The zero-order valence-electron chi connectivity index (χ0n) is 20.0. The molecule has 0 bridgehead atoms. The number of aryl methyl sites for hydroxylation is 1. The van der Waals surface area contributed by atoms with Crippen LogP contribution in [-0.2, 0) is 16.0 Å². The maximum atomic E-state index is 15.5. The number of carboxylic acid groups (broad SMARTS) is 1. The highest BCUT2D eigenvalue weighted by atomic mass is 19.1. The number of imidazole rings is 1. The van der Waals surface area contributed by atoms with Gasteiger partial charge >= 0.3 is 6.09 Å². The minimum absolute atomic E-state index is 0.101. The molecule has 0 spiro atoms. The third-order valence-corrected chi connectivity index (χ3v) is 6.44. The molecule has 0 saturated carbocycles. The van der Waals surface area contributed by atoms with Gasteiger partial charge in [-0.1, -0.05) is 0 Å². The summed E-state index contributed by atoms with van der Waals surface area (Å²) >= 11 is 0. The number of morpholine rings is 1. The van der Waals surface area contributed by atoms with E-state index in [0.717, 1.165) is 17.7 Å². The molecular formula is C25H25F2N5O4. The Morgan fingerprint density at radius 2 is 2.00 bits per heavy atom. The fourth-order valence-corrected chi connectivity index (χ4v) is 4.52. The van der Waals surface area contributed by atoms with Crippen molar-refractivity contribution in [3.8, 4) is 11.3 Å². The van der Waals surface area contributed by atoms with Gasteiger partial charge < -0.3 is 24.5 Å². The molecule has 1 fully saturated rings. The molecule has 2 aliphatic heterocycles. The van der Waals surface area contributed by atoms with Crippen molar-refractivity contribution >= 4 is 23.5 Å². The molecular weight excluding hydrogens is 472 g/mol. The molecule has 4 heterocycles. The molecule has 11 heteroatoms. The van der Waals surface area contributed by atoms with Crippen LogP contribution < -0.4 is 5.32 Å². The van der Waals surface area contributed by atoms with Gasteiger partial charge in [-0.25, -0.2) is 18.6 Å². The first-order valence-corrected chi connectivity index (χ1v) is 11.5. The summed E-state index contributed by atoms with van der Waals surface area (Å²) in [6, 6.07) is 5.90. The lowest BCUT2D eigenvalue weighted by Crippen LogP contribution is -2.45. The fraction of sp³-hybridized carbons (Fsp3) is 0.360. The van der Waals surface area contributed by atoms with Gasteiger partial charge in [-0.2, -0.15) is 4.99 Å². The molecule has 1 unspecified atom stereocenters. The Hall–Kier alpha value is -3.86. The first-order chi connectivity index (χ1) is 17.0. The minimum atomic E-state index is -1.05. The lowest BCUT2D eigenvalue weighted by Gasteiger charge is -2.31. The van der Waals surface area contributed by atoms with Gasteiger partial charge in [0.1, 0.15) is 28.7 Å². The molecule has 3 aromatic rings. The highest BCUT2D eigenvalue weighted by molar-refractivity contribution is 6.13. The van der Waals surface area contributed by atoms with Crippen LogP contribution in [0.5, 0.6) is 0 Å². The predicted octanol–water partition coefficient (Wildman–Crippen LogP) is 3.16. The number of fused-ring (bicyclic) bond motifs is 1. The molecule has 5 rings (SSSR count). The van der Waals surface area contributed by atoms with Crippen molar-refractivity contribution in [3.05, 3.63) is 58.9 Å². The van der Waals surface area contributed by atoms with Crippen LogP contribution in [0.25, 0.3) is 16.9 Å². The van der Waals surface area contributed by atoms with E-state index in [2.05, 4.69) is 15.3 Å². The Kier molecular flexibility index (Phi) is 5.74. The normalized spacial score (nSPS) is 19.5. The summed E-state index contributed by atoms with van der Waals surface area (Å²) in [5.41, 5.74) is 0.869. The monoisotopic (exact) mass is 497 g/mol. The summed E-state index contributed by atoms with van der Waals surface area (Å²) in [4.78, 5) is 33.2. The molecule has 1 aromatic carbocycles. The molecule has 2 amide bonds. The second kappa shape index (κ2) is 8.66. The van der Waals surface area contributed by atoms with Crippen molar-refractivity contribution < 1.29 is 28.2 Å². The number of nitrogens with one attached hydrogen (secondary N) is 1. The van der Waals surface area contributed by atoms with E-state index in [0.29, 0.717) is 11.3 Å². The number of aliphatic imine (C=N–C) groups is 1. The number of amides is 2. The summed E-state index contributed by atoms with van der Waals surface area (Å²) in [6.07, 6.45) is 0.408. The number of carbonyl (C=O) groups excluding carboxylic acids is 1. The molecule has 188 valence electrons. The maximum absolute atomic E-state index is 15.5. The molecule has 9 nitrogen and oxygen atoms in total. The summed E-state index contributed by atoms with van der Waals surface area (Å²) < 4.78 is 38.5. The topological polar surface area (TPSA) is 109 Å². The molecule has 0 radical (unpaired) electrons. The summed E-state index contributed by atoms with van der Waals surface area (Å²) in [5, 5.41) is 12.3. The van der Waals surface area contributed by atoms with E-state index in [-0.39, 0.29) is 48.8 Å². The predicted molar refractivity (Wildman–Crippen MR) is 127 cm³/mol. The van der Waals surface area contributed by atoms with E-state index in [1.807, 2.05) is 13.0 Å². The molecule has 2 N–H and O–H groups in total. The van der Waals surface area contributed by atoms with Gasteiger partial charge in [-0.3, -0.25) is 4.79 Å². The summed E-state index contributed by atoms with van der Waals surface area (Å²) in [6.45, 7) is 5.77. The van der Waals surface area contributed by atoms with E-state index in [9.17, 15) is 14.7 Å². The van der Waals surface area contributed by atoms with Crippen LogP contribution in [0.1, 0.15) is 30.7 Å². The SMILES string of the molecule is Cc1ccn2c(CC3CN(C(=O)O)CCO3)c(-c3c(F)cc(C4=NC(=O)C(C)(C)N4)cc3F)nc2c1. The number of rotatable bonds is 4. The van der Waals surface area contributed by atoms with Gasteiger partial charge in [0, 0.05) is 24.7 Å². The van der Waals surface area contributed by atoms with Crippen molar-refractivity contribution in [3.63, 3.8) is 0 Å². The number of pyridine rings is 1. The second-order valence-electron chi connectivity index (χ2n) is 9.60. The molecule has 0 aliphatic carbocycles. The average molecular weight is 498 g/mol. The number of halogens is 2. The van der Waals surface area contributed by atoms with Crippen LogP contribution in [-0.4, -0.2) is 68.6 Å². The fourth-order valence-electron chi connectivity index (χ4n) is 4.52. The van der Waals surface area contributed by atoms with Gasteiger partial charge in [0.2, 0.25) is 0 Å². The highest BCUT2D eigenvalue weighted by Crippen LogP contribution is 2.32. The zero-order chi connectivity index (χ0) is 25.8. The number of amidine groups is 1. The van der Waals surface area contributed by atoms with Crippen LogP contribution in [0.3, 0.4) is 0 Å². The lowest BCUT2D eigenvalue weighted by molar-refractivity contribution is -0.121. The van der Waals surface area contributed by atoms with Gasteiger partial charge in [0.15, 0.2) is 0 Å². The molecule has 1 saturated heterocycles. The van der Waals surface area contributed by atoms with E-state index in [4.69, 9.17) is 4.74 Å². The van der Waals surface area contributed by atoms with Gasteiger partial charge in [0.05, 0.1) is 36.2 Å². The van der Waals surface area contributed by atoms with Crippen LogP contribution in [0.2, 0.25) is 0 Å². The number of nitrogens with zero attached hydrogens (tertiary/aromatic N) is 4. The average Bonchev–Trinajstić information content (AvgIpc) is 3.28. The van der Waals surface area contributed by atoms with Crippen LogP contribution in [0.15, 0.2) is 35.5 Å². The Morgan fingerprint density at radius 3 is 2.64 bits per heavy atom. The van der Waals surface area contributed by atoms with E-state index >= 15 is 8.78 Å². The van der Waals surface area contributed by atoms with Crippen LogP contribution in [0.4, 0.5) is 13.6 Å². The van der Waals surface area contributed by atoms with E-state index < -0.39 is 35.3 Å². The van der Waals surface area contributed by atoms with Crippen molar-refractivity contribution in [2.24, 2.45) is 4.99 Å².